The summed E-state index contributed by atoms with van der Waals surface area (Å²) < 4.78 is 2.05. The van der Waals surface area contributed by atoms with E-state index in [0.717, 1.165) is 16.8 Å². The summed E-state index contributed by atoms with van der Waals surface area (Å²) in [6, 6.07) is 20.4. The summed E-state index contributed by atoms with van der Waals surface area (Å²) in [5.74, 6) is 1.35. The van der Waals surface area contributed by atoms with Gasteiger partial charge in [-0.05, 0) is 42.2 Å². The molecule has 0 saturated carbocycles. The first-order valence-corrected chi connectivity index (χ1v) is 12.3. The van der Waals surface area contributed by atoms with Crippen molar-refractivity contribution in [3.63, 3.8) is 0 Å². The summed E-state index contributed by atoms with van der Waals surface area (Å²) in [5, 5.41) is 9.65. The van der Waals surface area contributed by atoms with E-state index in [-0.39, 0.29) is 11.7 Å². The first-order valence-electron chi connectivity index (χ1n) is 11.3. The third kappa shape index (κ3) is 5.37. The van der Waals surface area contributed by atoms with E-state index in [1.54, 1.807) is 17.3 Å². The number of para-hydroxylation sites is 1. The van der Waals surface area contributed by atoms with E-state index in [2.05, 4.69) is 72.4 Å². The molecule has 0 aliphatic heterocycles. The largest absolute Gasteiger partial charge is 0.341 e. The van der Waals surface area contributed by atoms with Crippen LogP contribution < -0.4 is 0 Å². The van der Waals surface area contributed by atoms with Gasteiger partial charge in [0.2, 0.25) is 5.91 Å². The molecule has 0 aliphatic rings. The molecule has 7 heteroatoms. The fraction of sp³-hybridized carbons (Fsp3) is 0.259. The first kappa shape index (κ1) is 23.7. The van der Waals surface area contributed by atoms with Crippen molar-refractivity contribution in [3.05, 3.63) is 89.7 Å². The Balaban J connectivity index is 1.60. The van der Waals surface area contributed by atoms with E-state index in [1.165, 1.54) is 22.9 Å². The van der Waals surface area contributed by atoms with Crippen molar-refractivity contribution in [1.29, 1.82) is 0 Å². The Labute approximate surface area is 205 Å². The van der Waals surface area contributed by atoms with E-state index >= 15 is 0 Å². The molecule has 2 heterocycles. The third-order valence-corrected chi connectivity index (χ3v) is 6.56. The molecule has 2 aromatic heterocycles. The molecule has 2 aromatic carbocycles. The lowest BCUT2D eigenvalue weighted by Gasteiger charge is -2.18. The third-order valence-electron chi connectivity index (χ3n) is 5.64. The number of amides is 1. The van der Waals surface area contributed by atoms with Gasteiger partial charge in [-0.15, -0.1) is 10.2 Å². The van der Waals surface area contributed by atoms with Crippen LogP contribution in [0.1, 0.15) is 36.5 Å². The molecule has 174 valence electrons. The van der Waals surface area contributed by atoms with Gasteiger partial charge in [0.15, 0.2) is 11.0 Å². The monoisotopic (exact) mass is 471 g/mol. The van der Waals surface area contributed by atoms with Gasteiger partial charge < -0.3 is 4.90 Å². The molecule has 0 unspecified atom stereocenters. The number of aromatic nitrogens is 4. The van der Waals surface area contributed by atoms with Crippen molar-refractivity contribution < 1.29 is 4.79 Å². The summed E-state index contributed by atoms with van der Waals surface area (Å²) in [7, 11) is 1.84. The van der Waals surface area contributed by atoms with E-state index in [4.69, 9.17) is 0 Å². The van der Waals surface area contributed by atoms with Crippen LogP contribution in [0.25, 0.3) is 17.1 Å². The quantitative estimate of drug-likeness (QED) is 0.317. The van der Waals surface area contributed by atoms with Gasteiger partial charge in [0.25, 0.3) is 0 Å². The number of aryl methyl sites for hydroxylation is 1. The molecule has 0 N–H and O–H groups in total. The van der Waals surface area contributed by atoms with Crippen molar-refractivity contribution in [2.24, 2.45) is 0 Å². The highest BCUT2D eigenvalue weighted by atomic mass is 32.2. The number of carbonyl (C=O) groups is 1. The normalized spacial score (nSPS) is 11.1. The molecule has 0 bridgehead atoms. The first-order chi connectivity index (χ1) is 16.4. The van der Waals surface area contributed by atoms with Crippen LogP contribution in [0.3, 0.4) is 0 Å². The van der Waals surface area contributed by atoms with E-state index in [1.807, 2.05) is 35.9 Å². The van der Waals surface area contributed by atoms with Crippen LogP contribution in [0.15, 0.2) is 78.2 Å². The Morgan fingerprint density at radius 1 is 1.03 bits per heavy atom. The molecule has 0 saturated heterocycles. The fourth-order valence-electron chi connectivity index (χ4n) is 3.73. The number of hydrogen-bond acceptors (Lipinski definition) is 5. The minimum absolute atomic E-state index is 0.0418. The highest BCUT2D eigenvalue weighted by molar-refractivity contribution is 7.99. The number of benzene rings is 2. The zero-order valence-corrected chi connectivity index (χ0v) is 20.8. The predicted octanol–water partition coefficient (Wildman–Crippen LogP) is 5.51. The molecule has 4 rings (SSSR count). The molecular weight excluding hydrogens is 442 g/mol. The summed E-state index contributed by atoms with van der Waals surface area (Å²) >= 11 is 1.40. The molecular formula is C27H29N5OS. The smallest absolute Gasteiger partial charge is 0.233 e. The Kier molecular flexibility index (Phi) is 7.43. The van der Waals surface area contributed by atoms with Gasteiger partial charge in [0.05, 0.1) is 11.4 Å². The minimum atomic E-state index is 0.0418. The van der Waals surface area contributed by atoms with Crippen molar-refractivity contribution in [3.8, 4) is 17.1 Å². The SMILES string of the molecule is Cc1ccc(CN(C)C(=O)CSc2nnc(-c3cccnc3)n2-c2ccccc2C(C)C)cc1. The molecule has 4 aromatic rings. The average molecular weight is 472 g/mol. The lowest BCUT2D eigenvalue weighted by Crippen LogP contribution is -2.27. The Bertz CT molecular complexity index is 1250. The summed E-state index contributed by atoms with van der Waals surface area (Å²) in [4.78, 5) is 18.9. The van der Waals surface area contributed by atoms with Crippen LogP contribution in [-0.2, 0) is 11.3 Å². The molecule has 0 radical (unpaired) electrons. The molecule has 0 fully saturated rings. The minimum Gasteiger partial charge on any atom is -0.341 e. The van der Waals surface area contributed by atoms with Crippen LogP contribution in [0.2, 0.25) is 0 Å². The van der Waals surface area contributed by atoms with Crippen LogP contribution in [-0.4, -0.2) is 43.4 Å². The summed E-state index contributed by atoms with van der Waals surface area (Å²) in [6.07, 6.45) is 3.53. The topological polar surface area (TPSA) is 63.9 Å². The predicted molar refractivity (Wildman–Crippen MR) is 137 cm³/mol. The summed E-state index contributed by atoms with van der Waals surface area (Å²) in [6.45, 7) is 6.97. The second kappa shape index (κ2) is 10.7. The van der Waals surface area contributed by atoms with Crippen LogP contribution in [0.5, 0.6) is 0 Å². The highest BCUT2D eigenvalue weighted by Crippen LogP contribution is 2.32. The zero-order chi connectivity index (χ0) is 24.1. The Hall–Kier alpha value is -3.45. The number of hydrogen-bond donors (Lipinski definition) is 0. The maximum Gasteiger partial charge on any atom is 0.233 e. The second-order valence-electron chi connectivity index (χ2n) is 8.62. The van der Waals surface area contributed by atoms with Crippen molar-refractivity contribution in [2.75, 3.05) is 12.8 Å². The fourth-order valence-corrected chi connectivity index (χ4v) is 4.62. The van der Waals surface area contributed by atoms with Crippen molar-refractivity contribution in [2.45, 2.75) is 38.4 Å². The van der Waals surface area contributed by atoms with Crippen LogP contribution >= 0.6 is 11.8 Å². The van der Waals surface area contributed by atoms with Gasteiger partial charge in [0, 0.05) is 31.5 Å². The van der Waals surface area contributed by atoms with Gasteiger partial charge in [-0.3, -0.25) is 14.3 Å². The number of rotatable bonds is 8. The lowest BCUT2D eigenvalue weighted by atomic mass is 10.0. The summed E-state index contributed by atoms with van der Waals surface area (Å²) in [5.41, 5.74) is 5.41. The van der Waals surface area contributed by atoms with Gasteiger partial charge in [-0.25, -0.2) is 0 Å². The maximum absolute atomic E-state index is 12.9. The second-order valence-corrected chi connectivity index (χ2v) is 9.56. The molecule has 0 spiro atoms. The van der Waals surface area contributed by atoms with Gasteiger partial charge in [-0.1, -0.05) is 73.6 Å². The molecule has 34 heavy (non-hydrogen) atoms. The van der Waals surface area contributed by atoms with Crippen LogP contribution in [0, 0.1) is 6.92 Å². The standard InChI is InChI=1S/C27H29N5OS/c1-19(2)23-9-5-6-10-24(23)32-26(22-8-7-15-28-16-22)29-30-27(32)34-18-25(33)31(4)17-21-13-11-20(3)12-14-21/h5-16,19H,17-18H2,1-4H3. The van der Waals surface area contributed by atoms with E-state index in [0.29, 0.717) is 23.4 Å². The molecule has 0 aliphatic carbocycles. The number of nitrogens with zero attached hydrogens (tertiary/aromatic N) is 5. The highest BCUT2D eigenvalue weighted by Gasteiger charge is 2.21. The average Bonchev–Trinajstić information content (AvgIpc) is 3.28. The van der Waals surface area contributed by atoms with Gasteiger partial charge in [0.1, 0.15) is 0 Å². The van der Waals surface area contributed by atoms with E-state index in [9.17, 15) is 4.79 Å². The van der Waals surface area contributed by atoms with E-state index < -0.39 is 0 Å². The number of carbonyl (C=O) groups excluding carboxylic acids is 1. The Morgan fingerprint density at radius 3 is 2.50 bits per heavy atom. The Morgan fingerprint density at radius 2 is 1.79 bits per heavy atom. The van der Waals surface area contributed by atoms with Gasteiger partial charge >= 0.3 is 0 Å². The molecule has 0 atom stereocenters. The van der Waals surface area contributed by atoms with Gasteiger partial charge in [-0.2, -0.15) is 0 Å². The lowest BCUT2D eigenvalue weighted by molar-refractivity contribution is -0.127. The zero-order valence-electron chi connectivity index (χ0n) is 20.0. The maximum atomic E-state index is 12.9. The molecule has 1 amide bonds. The number of thioether (sulfide) groups is 1. The van der Waals surface area contributed by atoms with Crippen molar-refractivity contribution >= 4 is 17.7 Å². The number of pyridine rings is 1. The molecule has 6 nitrogen and oxygen atoms in total. The van der Waals surface area contributed by atoms with Crippen LogP contribution in [0.4, 0.5) is 0 Å². The van der Waals surface area contributed by atoms with Crippen molar-refractivity contribution in [1.82, 2.24) is 24.6 Å².